The molecule has 0 bridgehead atoms. The number of carbonyl (C=O) groups is 1. The lowest BCUT2D eigenvalue weighted by atomic mass is 10.0. The fourth-order valence-corrected chi connectivity index (χ4v) is 3.68. The highest BCUT2D eigenvalue weighted by Crippen LogP contribution is 2.36. The van der Waals surface area contributed by atoms with E-state index in [0.29, 0.717) is 11.1 Å². The molecule has 2 heterocycles. The summed E-state index contributed by atoms with van der Waals surface area (Å²) in [6, 6.07) is 8.44. The number of benzene rings is 1. The Kier molecular flexibility index (Phi) is 7.39. The first-order valence-electron chi connectivity index (χ1n) is 10.3. The highest BCUT2D eigenvalue weighted by atomic mass is 19.4. The van der Waals surface area contributed by atoms with Crippen LogP contribution >= 0.6 is 0 Å². The summed E-state index contributed by atoms with van der Waals surface area (Å²) in [6.45, 7) is 3.78. The standard InChI is InChI=1S/C22H22F7N3O2/c1-13-9-17(10-14(2)30-13)15-3-4-16(18(23)11-15)12-31-5-7-32(8-6-31)20(33)34-19(21(24,25)26)22(27,28)29/h3-4,9-11,19H,5-8,12H2,1-2H3. The Hall–Kier alpha value is -2.89. The van der Waals surface area contributed by atoms with E-state index in [9.17, 15) is 35.5 Å². The van der Waals surface area contributed by atoms with E-state index in [4.69, 9.17) is 0 Å². The van der Waals surface area contributed by atoms with Crippen molar-refractivity contribution in [3.8, 4) is 11.1 Å². The number of halogens is 7. The molecule has 3 rings (SSSR count). The Balaban J connectivity index is 1.59. The van der Waals surface area contributed by atoms with E-state index in [1.165, 1.54) is 6.07 Å². The fourth-order valence-electron chi connectivity index (χ4n) is 3.68. The minimum absolute atomic E-state index is 0.127. The maximum absolute atomic E-state index is 14.7. The van der Waals surface area contributed by atoms with Gasteiger partial charge < -0.3 is 9.64 Å². The zero-order chi connectivity index (χ0) is 25.3. The minimum atomic E-state index is -5.77. The number of pyridine rings is 1. The second kappa shape index (κ2) is 9.77. The number of aromatic nitrogens is 1. The molecule has 5 nitrogen and oxygen atoms in total. The van der Waals surface area contributed by atoms with Gasteiger partial charge in [-0.15, -0.1) is 0 Å². The van der Waals surface area contributed by atoms with E-state index < -0.39 is 30.4 Å². The fraction of sp³-hybridized carbons (Fsp3) is 0.455. The molecule has 186 valence electrons. The Morgan fingerprint density at radius 3 is 2.00 bits per heavy atom. The van der Waals surface area contributed by atoms with Gasteiger partial charge in [0.25, 0.3) is 6.10 Å². The van der Waals surface area contributed by atoms with E-state index in [1.54, 1.807) is 17.0 Å². The third-order valence-corrected chi connectivity index (χ3v) is 5.31. The number of rotatable bonds is 4. The van der Waals surface area contributed by atoms with Gasteiger partial charge in [-0.1, -0.05) is 12.1 Å². The van der Waals surface area contributed by atoms with Crippen molar-refractivity contribution in [3.05, 3.63) is 53.1 Å². The topological polar surface area (TPSA) is 45.7 Å². The molecule has 1 fully saturated rings. The number of amides is 1. The van der Waals surface area contributed by atoms with Crippen molar-refractivity contribution in [1.29, 1.82) is 0 Å². The summed E-state index contributed by atoms with van der Waals surface area (Å²) in [5, 5.41) is 0. The summed E-state index contributed by atoms with van der Waals surface area (Å²) < 4.78 is 94.0. The highest BCUT2D eigenvalue weighted by molar-refractivity contribution is 5.68. The first-order chi connectivity index (χ1) is 15.7. The Morgan fingerprint density at radius 2 is 1.50 bits per heavy atom. The van der Waals surface area contributed by atoms with Gasteiger partial charge in [0.05, 0.1) is 0 Å². The molecule has 0 spiro atoms. The van der Waals surface area contributed by atoms with E-state index in [2.05, 4.69) is 9.72 Å². The van der Waals surface area contributed by atoms with Crippen LogP contribution in [0.1, 0.15) is 17.0 Å². The summed E-state index contributed by atoms with van der Waals surface area (Å²) in [5.41, 5.74) is 3.46. The van der Waals surface area contributed by atoms with Gasteiger partial charge in [0.15, 0.2) is 0 Å². The van der Waals surface area contributed by atoms with Crippen LogP contribution in [0.2, 0.25) is 0 Å². The second-order valence-electron chi connectivity index (χ2n) is 8.05. The van der Waals surface area contributed by atoms with Crippen LogP contribution in [0, 0.1) is 19.7 Å². The smallest absolute Gasteiger partial charge is 0.426 e. The van der Waals surface area contributed by atoms with Crippen LogP contribution in [0.4, 0.5) is 35.5 Å². The van der Waals surface area contributed by atoms with Gasteiger partial charge in [-0.3, -0.25) is 9.88 Å². The number of carbonyl (C=O) groups excluding carboxylic acids is 1. The quantitative estimate of drug-likeness (QED) is 0.546. The average molecular weight is 493 g/mol. The van der Waals surface area contributed by atoms with Gasteiger partial charge in [0.2, 0.25) is 0 Å². The molecule has 34 heavy (non-hydrogen) atoms. The summed E-state index contributed by atoms with van der Waals surface area (Å²) in [5.74, 6) is -0.454. The molecule has 2 aromatic rings. The van der Waals surface area contributed by atoms with E-state index in [0.717, 1.165) is 21.9 Å². The molecule has 0 radical (unpaired) electrons. The predicted octanol–water partition coefficient (Wildman–Crippen LogP) is 5.25. The molecule has 1 saturated heterocycles. The van der Waals surface area contributed by atoms with E-state index in [-0.39, 0.29) is 32.7 Å². The molecule has 0 atom stereocenters. The van der Waals surface area contributed by atoms with Gasteiger partial charge in [0.1, 0.15) is 5.82 Å². The molecule has 12 heteroatoms. The van der Waals surface area contributed by atoms with Crippen LogP contribution in [-0.2, 0) is 11.3 Å². The first-order valence-corrected chi connectivity index (χ1v) is 10.3. The van der Waals surface area contributed by atoms with Crippen molar-refractivity contribution >= 4 is 6.09 Å². The number of ether oxygens (including phenoxy) is 1. The maximum Gasteiger partial charge on any atom is 0.434 e. The summed E-state index contributed by atoms with van der Waals surface area (Å²) in [4.78, 5) is 18.7. The van der Waals surface area contributed by atoms with Crippen molar-refractivity contribution in [2.24, 2.45) is 0 Å². The number of nitrogens with zero attached hydrogens (tertiary/aromatic N) is 3. The summed E-state index contributed by atoms with van der Waals surface area (Å²) >= 11 is 0. The molecule has 0 N–H and O–H groups in total. The lowest BCUT2D eigenvalue weighted by Gasteiger charge is -2.35. The first kappa shape index (κ1) is 25.7. The predicted molar refractivity (Wildman–Crippen MR) is 108 cm³/mol. The molecule has 0 unspecified atom stereocenters. The number of hydrogen-bond donors (Lipinski definition) is 0. The van der Waals surface area contributed by atoms with Crippen molar-refractivity contribution in [2.75, 3.05) is 26.2 Å². The zero-order valence-electron chi connectivity index (χ0n) is 18.3. The SMILES string of the molecule is Cc1cc(-c2ccc(CN3CCN(C(=O)OC(C(F)(F)F)C(F)(F)F)CC3)c(F)c2)cc(C)n1. The lowest BCUT2D eigenvalue weighted by molar-refractivity contribution is -0.308. The molecule has 1 aromatic heterocycles. The number of aryl methyl sites for hydroxylation is 2. The third kappa shape index (κ3) is 6.37. The van der Waals surface area contributed by atoms with Gasteiger partial charge in [0, 0.05) is 49.7 Å². The van der Waals surface area contributed by atoms with E-state index >= 15 is 0 Å². The van der Waals surface area contributed by atoms with Crippen molar-refractivity contribution in [2.45, 2.75) is 38.8 Å². The minimum Gasteiger partial charge on any atom is -0.426 e. The van der Waals surface area contributed by atoms with Crippen molar-refractivity contribution < 1.29 is 40.3 Å². The van der Waals surface area contributed by atoms with Crippen LogP contribution in [0.15, 0.2) is 30.3 Å². The summed E-state index contributed by atoms with van der Waals surface area (Å²) in [6.07, 6.45) is -17.4. The van der Waals surface area contributed by atoms with Crippen LogP contribution in [-0.4, -0.2) is 65.5 Å². The van der Waals surface area contributed by atoms with Crippen LogP contribution in [0.25, 0.3) is 11.1 Å². The number of piperazine rings is 1. The van der Waals surface area contributed by atoms with Crippen LogP contribution in [0.5, 0.6) is 0 Å². The molecule has 0 aliphatic carbocycles. The monoisotopic (exact) mass is 493 g/mol. The normalized spacial score (nSPS) is 15.6. The van der Waals surface area contributed by atoms with E-state index in [1.807, 2.05) is 26.0 Å². The second-order valence-corrected chi connectivity index (χ2v) is 8.05. The molecular weight excluding hydrogens is 471 g/mol. The molecule has 1 aromatic carbocycles. The van der Waals surface area contributed by atoms with Crippen LogP contribution < -0.4 is 0 Å². The Bertz CT molecular complexity index is 998. The summed E-state index contributed by atoms with van der Waals surface area (Å²) in [7, 11) is 0. The molecule has 1 amide bonds. The average Bonchev–Trinajstić information content (AvgIpc) is 2.71. The molecule has 1 aliphatic rings. The molecular formula is C22H22F7N3O2. The highest BCUT2D eigenvalue weighted by Gasteiger charge is 2.60. The van der Waals surface area contributed by atoms with Gasteiger partial charge in [-0.05, 0) is 43.2 Å². The van der Waals surface area contributed by atoms with Crippen molar-refractivity contribution in [1.82, 2.24) is 14.8 Å². The van der Waals surface area contributed by atoms with Gasteiger partial charge in [-0.25, -0.2) is 9.18 Å². The molecule has 0 saturated carbocycles. The Labute approximate surface area is 191 Å². The molecule has 1 aliphatic heterocycles. The Morgan fingerprint density at radius 1 is 0.941 bits per heavy atom. The zero-order valence-corrected chi connectivity index (χ0v) is 18.3. The largest absolute Gasteiger partial charge is 0.434 e. The number of alkyl halides is 6. The van der Waals surface area contributed by atoms with Gasteiger partial charge in [-0.2, -0.15) is 26.3 Å². The number of hydrogen-bond acceptors (Lipinski definition) is 4. The maximum atomic E-state index is 14.7. The van der Waals surface area contributed by atoms with Crippen molar-refractivity contribution in [3.63, 3.8) is 0 Å². The third-order valence-electron chi connectivity index (χ3n) is 5.31. The lowest BCUT2D eigenvalue weighted by Crippen LogP contribution is -2.52. The van der Waals surface area contributed by atoms with Crippen LogP contribution in [0.3, 0.4) is 0 Å². The van der Waals surface area contributed by atoms with Gasteiger partial charge >= 0.3 is 18.4 Å².